The Hall–Kier alpha value is -2.35. The van der Waals surface area contributed by atoms with Gasteiger partial charge >= 0.3 is 5.97 Å². The van der Waals surface area contributed by atoms with E-state index in [4.69, 9.17) is 4.74 Å². The number of carbonyl (C=O) groups excluding carboxylic acids is 1. The van der Waals surface area contributed by atoms with Crippen LogP contribution in [0.25, 0.3) is 0 Å². The molecule has 0 bridgehead atoms. The summed E-state index contributed by atoms with van der Waals surface area (Å²) in [6, 6.07) is 19.7. The highest BCUT2D eigenvalue weighted by Crippen LogP contribution is 2.43. The first-order valence-electron chi connectivity index (χ1n) is 6.72. The first-order chi connectivity index (χ1) is 9.77. The van der Waals surface area contributed by atoms with Crippen molar-refractivity contribution in [2.24, 2.45) is 0 Å². The van der Waals surface area contributed by atoms with E-state index in [1.165, 1.54) is 0 Å². The Kier molecular flexibility index (Phi) is 3.15. The Balaban J connectivity index is 2.19. The summed E-state index contributed by atoms with van der Waals surface area (Å²) in [5.41, 5.74) is 1.22. The molecule has 0 N–H and O–H groups in total. The number of hydrogen-bond donors (Lipinski definition) is 0. The molecule has 0 radical (unpaired) electrons. The van der Waals surface area contributed by atoms with Crippen LogP contribution in [0.15, 0.2) is 73.3 Å². The van der Waals surface area contributed by atoms with Gasteiger partial charge in [-0.15, -0.1) is 0 Å². The van der Waals surface area contributed by atoms with E-state index in [1.54, 1.807) is 6.08 Å². The highest BCUT2D eigenvalue weighted by molar-refractivity contribution is 5.90. The molecule has 1 aliphatic rings. The smallest absolute Gasteiger partial charge is 0.321 e. The van der Waals surface area contributed by atoms with Gasteiger partial charge in [0.05, 0.1) is 0 Å². The number of benzene rings is 2. The molecule has 0 spiro atoms. The van der Waals surface area contributed by atoms with Gasteiger partial charge in [-0.1, -0.05) is 73.3 Å². The normalized spacial score (nSPS) is 20.4. The molecule has 2 nitrogen and oxygen atoms in total. The second kappa shape index (κ2) is 4.97. The third kappa shape index (κ3) is 1.85. The minimum Gasteiger partial charge on any atom is -0.457 e. The summed E-state index contributed by atoms with van der Waals surface area (Å²) in [5, 5.41) is 0. The van der Waals surface area contributed by atoms with Gasteiger partial charge in [0.2, 0.25) is 0 Å². The van der Waals surface area contributed by atoms with E-state index in [0.29, 0.717) is 6.42 Å². The van der Waals surface area contributed by atoms with Gasteiger partial charge in [0.15, 0.2) is 0 Å². The molecule has 0 aliphatic carbocycles. The van der Waals surface area contributed by atoms with Gasteiger partial charge in [-0.2, -0.15) is 0 Å². The molecule has 2 aromatic carbocycles. The molecule has 2 heteroatoms. The van der Waals surface area contributed by atoms with Crippen molar-refractivity contribution < 1.29 is 9.53 Å². The standard InChI is InChI=1S/C18H16O2/c1-2-16-13-18(17(19)20-16,14-9-5-3-6-10-14)15-11-7-4-8-12-15/h2-12,16H,1,13H2/t16-/m1/s1. The van der Waals surface area contributed by atoms with Gasteiger partial charge in [0.1, 0.15) is 11.5 Å². The summed E-state index contributed by atoms with van der Waals surface area (Å²) in [4.78, 5) is 12.6. The van der Waals surface area contributed by atoms with Crippen molar-refractivity contribution in [3.63, 3.8) is 0 Å². The lowest BCUT2D eigenvalue weighted by atomic mass is 9.72. The third-order valence-corrected chi connectivity index (χ3v) is 3.91. The largest absolute Gasteiger partial charge is 0.457 e. The van der Waals surface area contributed by atoms with E-state index >= 15 is 0 Å². The van der Waals surface area contributed by atoms with Crippen molar-refractivity contribution in [2.75, 3.05) is 0 Å². The van der Waals surface area contributed by atoms with Gasteiger partial charge in [-0.05, 0) is 11.1 Å². The van der Waals surface area contributed by atoms with Gasteiger partial charge in [-0.25, -0.2) is 0 Å². The van der Waals surface area contributed by atoms with E-state index in [2.05, 4.69) is 6.58 Å². The molecule has 0 unspecified atom stereocenters. The van der Waals surface area contributed by atoms with Crippen molar-refractivity contribution in [1.29, 1.82) is 0 Å². The molecule has 0 amide bonds. The van der Waals surface area contributed by atoms with Gasteiger partial charge in [0, 0.05) is 6.42 Å². The van der Waals surface area contributed by atoms with Crippen LogP contribution in [0.4, 0.5) is 0 Å². The van der Waals surface area contributed by atoms with Crippen molar-refractivity contribution in [2.45, 2.75) is 17.9 Å². The van der Waals surface area contributed by atoms with Crippen LogP contribution in [-0.4, -0.2) is 12.1 Å². The molecular weight excluding hydrogens is 248 g/mol. The fourth-order valence-corrected chi connectivity index (χ4v) is 2.88. The summed E-state index contributed by atoms with van der Waals surface area (Å²) in [7, 11) is 0. The lowest BCUT2D eigenvalue weighted by molar-refractivity contribution is -0.143. The summed E-state index contributed by atoms with van der Waals surface area (Å²) in [6.07, 6.45) is 2.07. The summed E-state index contributed by atoms with van der Waals surface area (Å²) in [5.74, 6) is -0.195. The van der Waals surface area contributed by atoms with Crippen molar-refractivity contribution in [3.05, 3.63) is 84.4 Å². The molecule has 20 heavy (non-hydrogen) atoms. The molecular formula is C18H16O2. The lowest BCUT2D eigenvalue weighted by Crippen LogP contribution is -2.32. The SMILES string of the molecule is C=C[C@@H]1CC(c2ccccc2)(c2ccccc2)C(=O)O1. The van der Waals surface area contributed by atoms with Crippen molar-refractivity contribution in [3.8, 4) is 0 Å². The van der Waals surface area contributed by atoms with Crippen LogP contribution in [0.1, 0.15) is 17.5 Å². The maximum absolute atomic E-state index is 12.6. The van der Waals surface area contributed by atoms with Crippen LogP contribution in [0, 0.1) is 0 Å². The van der Waals surface area contributed by atoms with Crippen molar-refractivity contribution >= 4 is 5.97 Å². The Morgan fingerprint density at radius 2 is 1.50 bits per heavy atom. The van der Waals surface area contributed by atoms with Crippen LogP contribution in [0.3, 0.4) is 0 Å². The quantitative estimate of drug-likeness (QED) is 0.626. The molecule has 1 heterocycles. The van der Waals surface area contributed by atoms with Crippen LogP contribution in [0.2, 0.25) is 0 Å². The Labute approximate surface area is 118 Å². The van der Waals surface area contributed by atoms with E-state index in [1.807, 2.05) is 60.7 Å². The molecule has 1 saturated heterocycles. The number of rotatable bonds is 3. The molecule has 1 atom stereocenters. The zero-order valence-corrected chi connectivity index (χ0v) is 11.2. The minimum absolute atomic E-state index is 0.195. The summed E-state index contributed by atoms with van der Waals surface area (Å²) >= 11 is 0. The predicted octanol–water partition coefficient (Wildman–Crippen LogP) is 3.47. The Morgan fingerprint density at radius 1 is 1.00 bits per heavy atom. The average Bonchev–Trinajstić information content (AvgIpc) is 2.87. The summed E-state index contributed by atoms with van der Waals surface area (Å²) < 4.78 is 5.48. The molecule has 3 rings (SSSR count). The topological polar surface area (TPSA) is 26.3 Å². The highest BCUT2D eigenvalue weighted by Gasteiger charge is 2.50. The second-order valence-electron chi connectivity index (χ2n) is 5.02. The van der Waals surface area contributed by atoms with Crippen LogP contribution >= 0.6 is 0 Å². The number of cyclic esters (lactones) is 1. The lowest BCUT2D eigenvalue weighted by Gasteiger charge is -2.26. The number of hydrogen-bond acceptors (Lipinski definition) is 2. The van der Waals surface area contributed by atoms with E-state index in [0.717, 1.165) is 11.1 Å². The third-order valence-electron chi connectivity index (χ3n) is 3.91. The molecule has 0 saturated carbocycles. The van der Waals surface area contributed by atoms with Crippen LogP contribution in [-0.2, 0) is 14.9 Å². The highest BCUT2D eigenvalue weighted by atomic mass is 16.6. The molecule has 1 fully saturated rings. The number of ether oxygens (including phenoxy) is 1. The molecule has 2 aromatic rings. The molecule has 1 aliphatic heterocycles. The van der Waals surface area contributed by atoms with Crippen molar-refractivity contribution in [1.82, 2.24) is 0 Å². The monoisotopic (exact) mass is 264 g/mol. The van der Waals surface area contributed by atoms with Gasteiger partial charge in [0.25, 0.3) is 0 Å². The van der Waals surface area contributed by atoms with Crippen LogP contribution < -0.4 is 0 Å². The Morgan fingerprint density at radius 3 is 1.90 bits per heavy atom. The van der Waals surface area contributed by atoms with Crippen LogP contribution in [0.5, 0.6) is 0 Å². The van der Waals surface area contributed by atoms with Gasteiger partial charge < -0.3 is 4.74 Å². The van der Waals surface area contributed by atoms with E-state index in [9.17, 15) is 4.79 Å². The number of carbonyl (C=O) groups is 1. The zero-order chi connectivity index (χ0) is 14.0. The summed E-state index contributed by atoms with van der Waals surface area (Å²) in [6.45, 7) is 3.75. The van der Waals surface area contributed by atoms with E-state index < -0.39 is 5.41 Å². The fraction of sp³-hybridized carbons (Fsp3) is 0.167. The zero-order valence-electron chi connectivity index (χ0n) is 11.2. The second-order valence-corrected chi connectivity index (χ2v) is 5.02. The predicted molar refractivity (Wildman–Crippen MR) is 78.4 cm³/mol. The minimum atomic E-state index is -0.721. The maximum Gasteiger partial charge on any atom is 0.321 e. The first-order valence-corrected chi connectivity index (χ1v) is 6.72. The first kappa shape index (κ1) is 12.7. The van der Waals surface area contributed by atoms with Gasteiger partial charge in [-0.3, -0.25) is 4.79 Å². The van der Waals surface area contributed by atoms with E-state index in [-0.39, 0.29) is 12.1 Å². The molecule has 100 valence electrons. The average molecular weight is 264 g/mol. The number of esters is 1. The molecule has 0 aromatic heterocycles. The fourth-order valence-electron chi connectivity index (χ4n) is 2.88. The Bertz CT molecular complexity index is 577. The maximum atomic E-state index is 12.6.